The Morgan fingerprint density at radius 1 is 1.54 bits per heavy atom. The van der Waals surface area contributed by atoms with Crippen molar-refractivity contribution in [3.05, 3.63) is 11.7 Å². The van der Waals surface area contributed by atoms with Crippen LogP contribution in [-0.4, -0.2) is 28.6 Å². The zero-order chi connectivity index (χ0) is 9.26. The van der Waals surface area contributed by atoms with Crippen molar-refractivity contribution in [3.63, 3.8) is 0 Å². The van der Waals surface area contributed by atoms with E-state index in [4.69, 9.17) is 4.52 Å². The van der Waals surface area contributed by atoms with Crippen LogP contribution in [0.3, 0.4) is 0 Å². The molecule has 1 aromatic rings. The minimum absolute atomic E-state index is 0.648. The zero-order valence-corrected chi connectivity index (χ0v) is 8.16. The highest BCUT2D eigenvalue weighted by Crippen LogP contribution is 2.29. The highest BCUT2D eigenvalue weighted by molar-refractivity contribution is 4.85. The van der Waals surface area contributed by atoms with E-state index in [1.165, 1.54) is 12.8 Å². The molecule has 13 heavy (non-hydrogen) atoms. The molecule has 1 fully saturated rings. The summed E-state index contributed by atoms with van der Waals surface area (Å²) in [5, 5.41) is 3.86. The maximum absolute atomic E-state index is 4.90. The van der Waals surface area contributed by atoms with Crippen LogP contribution >= 0.6 is 0 Å². The molecule has 0 saturated heterocycles. The van der Waals surface area contributed by atoms with Crippen LogP contribution in [0, 0.1) is 12.8 Å². The van der Waals surface area contributed by atoms with Gasteiger partial charge in [0.15, 0.2) is 5.82 Å². The largest absolute Gasteiger partial charge is 0.340 e. The lowest BCUT2D eigenvalue weighted by molar-refractivity contribution is 0.296. The topological polar surface area (TPSA) is 42.2 Å². The summed E-state index contributed by atoms with van der Waals surface area (Å²) in [6.07, 6.45) is 2.77. The Hall–Kier alpha value is -0.900. The van der Waals surface area contributed by atoms with E-state index in [1.54, 1.807) is 0 Å². The minimum atomic E-state index is 0.648. The summed E-state index contributed by atoms with van der Waals surface area (Å²) in [4.78, 5) is 6.41. The monoisotopic (exact) mass is 181 g/mol. The van der Waals surface area contributed by atoms with Crippen LogP contribution in [0.2, 0.25) is 0 Å². The Bertz CT molecular complexity index is 280. The second-order valence-corrected chi connectivity index (χ2v) is 3.87. The van der Waals surface area contributed by atoms with E-state index in [0.717, 1.165) is 24.8 Å². The summed E-state index contributed by atoms with van der Waals surface area (Å²) < 4.78 is 4.90. The van der Waals surface area contributed by atoms with Crippen LogP contribution in [-0.2, 0) is 6.54 Å². The predicted molar refractivity (Wildman–Crippen MR) is 48.1 cm³/mol. The summed E-state index contributed by atoms with van der Waals surface area (Å²) in [5.74, 6) is 2.36. The highest BCUT2D eigenvalue weighted by Gasteiger charge is 2.23. The summed E-state index contributed by atoms with van der Waals surface area (Å²) >= 11 is 0. The molecule has 4 heteroatoms. The van der Waals surface area contributed by atoms with Crippen molar-refractivity contribution >= 4 is 0 Å². The van der Waals surface area contributed by atoms with Gasteiger partial charge in [-0.05, 0) is 25.8 Å². The fraction of sp³-hybridized carbons (Fsp3) is 0.778. The first-order chi connectivity index (χ1) is 6.24. The number of hydrogen-bond acceptors (Lipinski definition) is 4. The predicted octanol–water partition coefficient (Wildman–Crippen LogP) is 1.22. The lowest BCUT2D eigenvalue weighted by Gasteiger charge is -2.12. The minimum Gasteiger partial charge on any atom is -0.340 e. The van der Waals surface area contributed by atoms with Gasteiger partial charge in [0.25, 0.3) is 0 Å². The molecule has 0 aromatic carbocycles. The summed E-state index contributed by atoms with van der Waals surface area (Å²) in [5.41, 5.74) is 0. The fourth-order valence-electron chi connectivity index (χ4n) is 1.45. The second-order valence-electron chi connectivity index (χ2n) is 3.87. The average Bonchev–Trinajstić information content (AvgIpc) is 2.76. The van der Waals surface area contributed by atoms with Crippen molar-refractivity contribution in [2.75, 3.05) is 13.6 Å². The molecule has 4 nitrogen and oxygen atoms in total. The first-order valence-electron chi connectivity index (χ1n) is 4.72. The normalized spacial score (nSPS) is 16.8. The van der Waals surface area contributed by atoms with Crippen LogP contribution in [0.4, 0.5) is 0 Å². The first kappa shape index (κ1) is 8.69. The molecule has 1 heterocycles. The fourth-order valence-corrected chi connectivity index (χ4v) is 1.45. The van der Waals surface area contributed by atoms with Crippen LogP contribution < -0.4 is 0 Å². The van der Waals surface area contributed by atoms with Gasteiger partial charge in [0.2, 0.25) is 5.89 Å². The summed E-state index contributed by atoms with van der Waals surface area (Å²) in [7, 11) is 2.10. The van der Waals surface area contributed by atoms with Crippen molar-refractivity contribution in [1.29, 1.82) is 0 Å². The van der Waals surface area contributed by atoms with E-state index in [-0.39, 0.29) is 0 Å². The van der Waals surface area contributed by atoms with Gasteiger partial charge >= 0.3 is 0 Å². The van der Waals surface area contributed by atoms with Gasteiger partial charge in [-0.25, -0.2) is 0 Å². The van der Waals surface area contributed by atoms with Crippen molar-refractivity contribution in [3.8, 4) is 0 Å². The summed E-state index contributed by atoms with van der Waals surface area (Å²) in [6, 6.07) is 0. The maximum atomic E-state index is 4.90. The Labute approximate surface area is 77.9 Å². The SMILES string of the molecule is Cc1nc(CN(C)CC2CC2)no1. The van der Waals surface area contributed by atoms with E-state index < -0.39 is 0 Å². The highest BCUT2D eigenvalue weighted by atomic mass is 16.5. The van der Waals surface area contributed by atoms with E-state index >= 15 is 0 Å². The van der Waals surface area contributed by atoms with Gasteiger partial charge in [0, 0.05) is 13.5 Å². The third-order valence-electron chi connectivity index (χ3n) is 2.25. The molecule has 1 saturated carbocycles. The number of nitrogens with zero attached hydrogens (tertiary/aromatic N) is 3. The third-order valence-corrected chi connectivity index (χ3v) is 2.25. The van der Waals surface area contributed by atoms with Crippen molar-refractivity contribution in [2.24, 2.45) is 5.92 Å². The van der Waals surface area contributed by atoms with Gasteiger partial charge in [-0.3, -0.25) is 4.90 Å². The van der Waals surface area contributed by atoms with Gasteiger partial charge < -0.3 is 4.52 Å². The summed E-state index contributed by atoms with van der Waals surface area (Å²) in [6.45, 7) is 3.78. The van der Waals surface area contributed by atoms with Gasteiger partial charge in [0.05, 0.1) is 6.54 Å². The molecular weight excluding hydrogens is 166 g/mol. The van der Waals surface area contributed by atoms with Crippen LogP contribution in [0.1, 0.15) is 24.6 Å². The molecule has 0 amide bonds. The van der Waals surface area contributed by atoms with E-state index in [0.29, 0.717) is 5.89 Å². The standard InChI is InChI=1S/C9H15N3O/c1-7-10-9(11-13-7)6-12(2)5-8-3-4-8/h8H,3-6H2,1-2H3. The van der Waals surface area contributed by atoms with Gasteiger partial charge in [0.1, 0.15) is 0 Å². The molecule has 2 rings (SSSR count). The van der Waals surface area contributed by atoms with Gasteiger partial charge in [-0.15, -0.1) is 0 Å². The lowest BCUT2D eigenvalue weighted by Crippen LogP contribution is -2.21. The molecule has 1 aliphatic rings. The molecule has 0 bridgehead atoms. The molecule has 1 aromatic heterocycles. The third kappa shape index (κ3) is 2.52. The molecule has 0 spiro atoms. The zero-order valence-electron chi connectivity index (χ0n) is 8.16. The van der Waals surface area contributed by atoms with Gasteiger partial charge in [-0.2, -0.15) is 4.98 Å². The lowest BCUT2D eigenvalue weighted by atomic mass is 10.4. The van der Waals surface area contributed by atoms with Crippen molar-refractivity contribution < 1.29 is 4.52 Å². The Kier molecular flexibility index (Phi) is 2.31. The van der Waals surface area contributed by atoms with E-state index in [9.17, 15) is 0 Å². The molecule has 0 atom stereocenters. The number of rotatable bonds is 4. The number of aryl methyl sites for hydroxylation is 1. The molecule has 0 radical (unpaired) electrons. The maximum Gasteiger partial charge on any atom is 0.223 e. The average molecular weight is 181 g/mol. The van der Waals surface area contributed by atoms with Crippen LogP contribution in [0.25, 0.3) is 0 Å². The molecule has 0 unspecified atom stereocenters. The quantitative estimate of drug-likeness (QED) is 0.700. The Balaban J connectivity index is 1.82. The smallest absolute Gasteiger partial charge is 0.223 e. The van der Waals surface area contributed by atoms with E-state index in [1.807, 2.05) is 6.92 Å². The first-order valence-corrected chi connectivity index (χ1v) is 4.72. The van der Waals surface area contributed by atoms with Gasteiger partial charge in [-0.1, -0.05) is 5.16 Å². The van der Waals surface area contributed by atoms with Crippen molar-refractivity contribution in [2.45, 2.75) is 26.3 Å². The molecular formula is C9H15N3O. The molecule has 0 aliphatic heterocycles. The second kappa shape index (κ2) is 3.46. The molecule has 0 N–H and O–H groups in total. The van der Waals surface area contributed by atoms with Crippen LogP contribution in [0.15, 0.2) is 4.52 Å². The van der Waals surface area contributed by atoms with Crippen LogP contribution in [0.5, 0.6) is 0 Å². The van der Waals surface area contributed by atoms with Crippen molar-refractivity contribution in [1.82, 2.24) is 15.0 Å². The van der Waals surface area contributed by atoms with E-state index in [2.05, 4.69) is 22.1 Å². The molecule has 72 valence electrons. The number of aromatic nitrogens is 2. The number of hydrogen-bond donors (Lipinski definition) is 0. The Morgan fingerprint density at radius 3 is 2.85 bits per heavy atom. The molecule has 1 aliphatic carbocycles. The Morgan fingerprint density at radius 2 is 2.31 bits per heavy atom.